The van der Waals surface area contributed by atoms with Gasteiger partial charge in [0.05, 0.1) is 25.7 Å². The molecule has 1 atom stereocenters. The Hall–Kier alpha value is -4.28. The lowest BCUT2D eigenvalue weighted by Crippen LogP contribution is -2.28. The van der Waals surface area contributed by atoms with Crippen LogP contribution in [0, 0.1) is 5.92 Å². The predicted molar refractivity (Wildman–Crippen MR) is 125 cm³/mol. The average molecular weight is 479 g/mol. The number of hydrogen-bond donors (Lipinski definition) is 2. The Bertz CT molecular complexity index is 1210. The summed E-state index contributed by atoms with van der Waals surface area (Å²) in [5.74, 6) is 1.78. The number of carbonyl (C=O) groups is 2. The second-order valence-corrected chi connectivity index (χ2v) is 7.77. The molecule has 2 aliphatic rings. The van der Waals surface area contributed by atoms with E-state index in [1.54, 1.807) is 38.5 Å². The number of hydrogen-bond acceptors (Lipinski definition) is 9. The molecule has 0 radical (unpaired) electrons. The highest BCUT2D eigenvalue weighted by molar-refractivity contribution is 5.86. The number of aromatic nitrogens is 2. The van der Waals surface area contributed by atoms with Crippen LogP contribution in [0.15, 0.2) is 68.6 Å². The van der Waals surface area contributed by atoms with E-state index < -0.39 is 0 Å². The highest BCUT2D eigenvalue weighted by Gasteiger charge is 2.27. The zero-order valence-electron chi connectivity index (χ0n) is 19.5. The number of benzene rings is 1. The summed E-state index contributed by atoms with van der Waals surface area (Å²) in [7, 11) is 3.13. The number of carbonyl (C=O) groups excluding carboxylic acids is 2. The van der Waals surface area contributed by atoms with Gasteiger partial charge in [0.2, 0.25) is 17.6 Å². The second-order valence-electron chi connectivity index (χ2n) is 7.77. The first-order chi connectivity index (χ1) is 17.1. The van der Waals surface area contributed by atoms with Crippen molar-refractivity contribution in [3.8, 4) is 22.9 Å². The standard InChI is InChI=1S/C24H26N6O5/c1-33-15-8-9-19(34-2)18(14-15)23-27-21(35-30-23)11-10-20(31)25-12-5-13-26-22-16-6-3-4-7-17(16)24(32)29-28-22/h3-4,6-9,14,17,26H,5,10-13H2,1-2H3,(H,25,31). The van der Waals surface area contributed by atoms with Gasteiger partial charge < -0.3 is 24.6 Å². The summed E-state index contributed by atoms with van der Waals surface area (Å²) in [6.45, 7) is 1.06. The molecule has 2 heterocycles. The molecule has 2 N–H and O–H groups in total. The van der Waals surface area contributed by atoms with Crippen molar-refractivity contribution >= 4 is 11.8 Å². The Morgan fingerprint density at radius 2 is 2.03 bits per heavy atom. The van der Waals surface area contributed by atoms with E-state index in [1.165, 1.54) is 0 Å². The van der Waals surface area contributed by atoms with Crippen LogP contribution in [0.3, 0.4) is 0 Å². The van der Waals surface area contributed by atoms with E-state index in [-0.39, 0.29) is 24.2 Å². The van der Waals surface area contributed by atoms with E-state index in [4.69, 9.17) is 14.0 Å². The van der Waals surface area contributed by atoms with Crippen molar-refractivity contribution in [1.29, 1.82) is 0 Å². The largest absolute Gasteiger partial charge is 0.497 e. The van der Waals surface area contributed by atoms with Crippen LogP contribution in [0.1, 0.15) is 18.7 Å². The summed E-state index contributed by atoms with van der Waals surface area (Å²) in [6.07, 6.45) is 8.56. The molecule has 0 spiro atoms. The molecule has 182 valence electrons. The topological polar surface area (TPSA) is 140 Å². The maximum absolute atomic E-state index is 12.2. The highest BCUT2D eigenvalue weighted by Crippen LogP contribution is 2.31. The number of fused-ring (bicyclic) bond motifs is 1. The van der Waals surface area contributed by atoms with E-state index in [0.717, 1.165) is 5.57 Å². The first-order valence-electron chi connectivity index (χ1n) is 11.2. The number of ether oxygens (including phenoxy) is 2. The molecular formula is C24H26N6O5. The molecule has 2 aromatic rings. The number of aryl methyl sites for hydroxylation is 1. The average Bonchev–Trinajstić information content (AvgIpc) is 3.37. The van der Waals surface area contributed by atoms with Crippen molar-refractivity contribution in [3.63, 3.8) is 0 Å². The Balaban J connectivity index is 1.20. The summed E-state index contributed by atoms with van der Waals surface area (Å²) >= 11 is 0. The third-order valence-corrected chi connectivity index (χ3v) is 5.46. The van der Waals surface area contributed by atoms with Gasteiger partial charge >= 0.3 is 0 Å². The SMILES string of the molecule is COc1ccc(OC)c(-c2noc(CCC(=O)NCCCNC3=C4C=CC=CC4C(=O)N=N3)n2)c1. The molecule has 11 nitrogen and oxygen atoms in total. The normalized spacial score (nSPS) is 16.3. The summed E-state index contributed by atoms with van der Waals surface area (Å²) in [5.41, 5.74) is 1.45. The van der Waals surface area contributed by atoms with E-state index in [1.807, 2.05) is 18.2 Å². The van der Waals surface area contributed by atoms with E-state index in [0.29, 0.717) is 60.5 Å². The third kappa shape index (κ3) is 5.81. The molecule has 4 rings (SSSR count). The van der Waals surface area contributed by atoms with Crippen LogP contribution in [0.4, 0.5) is 0 Å². The molecule has 1 aromatic heterocycles. The van der Waals surface area contributed by atoms with E-state index in [2.05, 4.69) is 31.0 Å². The molecule has 0 saturated carbocycles. The number of methoxy groups -OCH3 is 2. The second kappa shape index (κ2) is 11.2. The monoisotopic (exact) mass is 478 g/mol. The van der Waals surface area contributed by atoms with Crippen LogP contribution < -0.4 is 20.1 Å². The van der Waals surface area contributed by atoms with Crippen molar-refractivity contribution in [2.24, 2.45) is 16.1 Å². The minimum absolute atomic E-state index is 0.117. The number of rotatable bonds is 11. The Labute approximate surface area is 202 Å². The van der Waals surface area contributed by atoms with Gasteiger partial charge in [0, 0.05) is 31.5 Å². The Morgan fingerprint density at radius 1 is 1.14 bits per heavy atom. The number of azo groups is 1. The lowest BCUT2D eigenvalue weighted by molar-refractivity contribution is -0.121. The molecule has 1 unspecified atom stereocenters. The number of amides is 2. The third-order valence-electron chi connectivity index (χ3n) is 5.46. The lowest BCUT2D eigenvalue weighted by Gasteiger charge is -2.20. The zero-order valence-corrected chi connectivity index (χ0v) is 19.5. The minimum atomic E-state index is -0.380. The van der Waals surface area contributed by atoms with Gasteiger partial charge in [-0.2, -0.15) is 4.98 Å². The Morgan fingerprint density at radius 3 is 2.86 bits per heavy atom. The van der Waals surface area contributed by atoms with Crippen molar-refractivity contribution in [1.82, 2.24) is 20.8 Å². The smallest absolute Gasteiger partial charge is 0.276 e. The fourth-order valence-electron chi connectivity index (χ4n) is 3.63. The van der Waals surface area contributed by atoms with E-state index >= 15 is 0 Å². The summed E-state index contributed by atoms with van der Waals surface area (Å²) in [4.78, 5) is 28.4. The van der Waals surface area contributed by atoms with Crippen LogP contribution >= 0.6 is 0 Å². The quantitative estimate of drug-likeness (QED) is 0.470. The molecule has 35 heavy (non-hydrogen) atoms. The number of nitrogens with zero attached hydrogens (tertiary/aromatic N) is 4. The molecule has 0 fully saturated rings. The number of nitrogens with one attached hydrogen (secondary N) is 2. The molecule has 1 aliphatic heterocycles. The van der Waals surface area contributed by atoms with Crippen molar-refractivity contribution < 1.29 is 23.6 Å². The van der Waals surface area contributed by atoms with Crippen molar-refractivity contribution in [2.45, 2.75) is 19.3 Å². The fourth-order valence-corrected chi connectivity index (χ4v) is 3.63. The van der Waals surface area contributed by atoms with Gasteiger partial charge in [-0.05, 0) is 24.6 Å². The van der Waals surface area contributed by atoms with Gasteiger partial charge in [0.15, 0.2) is 5.82 Å². The van der Waals surface area contributed by atoms with E-state index in [9.17, 15) is 9.59 Å². The first kappa shape index (κ1) is 23.9. The predicted octanol–water partition coefficient (Wildman–Crippen LogP) is 2.73. The fraction of sp³-hybridized carbons (Fsp3) is 0.333. The molecule has 0 saturated heterocycles. The van der Waals surface area contributed by atoms with Crippen molar-refractivity contribution in [3.05, 3.63) is 59.8 Å². The van der Waals surface area contributed by atoms with Crippen LogP contribution in [-0.2, 0) is 16.0 Å². The van der Waals surface area contributed by atoms with Gasteiger partial charge in [-0.15, -0.1) is 10.2 Å². The first-order valence-corrected chi connectivity index (χ1v) is 11.2. The number of allylic oxidation sites excluding steroid dienone is 3. The van der Waals surface area contributed by atoms with Gasteiger partial charge in [-0.1, -0.05) is 29.5 Å². The maximum Gasteiger partial charge on any atom is 0.276 e. The molecule has 1 aliphatic carbocycles. The summed E-state index contributed by atoms with van der Waals surface area (Å²) < 4.78 is 15.9. The van der Waals surface area contributed by atoms with Crippen LogP contribution in [0.5, 0.6) is 11.5 Å². The Kier molecular flexibility index (Phi) is 7.66. The molecule has 2 amide bonds. The molecule has 1 aromatic carbocycles. The van der Waals surface area contributed by atoms with Gasteiger partial charge in [-0.3, -0.25) is 9.59 Å². The minimum Gasteiger partial charge on any atom is -0.497 e. The van der Waals surface area contributed by atoms with Crippen molar-refractivity contribution in [2.75, 3.05) is 27.3 Å². The van der Waals surface area contributed by atoms with Crippen LogP contribution in [0.2, 0.25) is 0 Å². The lowest BCUT2D eigenvalue weighted by atomic mass is 9.93. The maximum atomic E-state index is 12.2. The van der Waals surface area contributed by atoms with Gasteiger partial charge in [0.25, 0.3) is 5.91 Å². The van der Waals surface area contributed by atoms with Crippen LogP contribution in [-0.4, -0.2) is 49.3 Å². The summed E-state index contributed by atoms with van der Waals surface area (Å²) in [5, 5.41) is 17.7. The highest BCUT2D eigenvalue weighted by atomic mass is 16.5. The van der Waals surface area contributed by atoms with Gasteiger partial charge in [0.1, 0.15) is 11.5 Å². The van der Waals surface area contributed by atoms with Gasteiger partial charge in [-0.25, -0.2) is 0 Å². The zero-order chi connectivity index (χ0) is 24.6. The molecule has 0 bridgehead atoms. The summed E-state index contributed by atoms with van der Waals surface area (Å²) in [6, 6.07) is 5.31. The molecular weight excluding hydrogens is 452 g/mol. The van der Waals surface area contributed by atoms with Crippen LogP contribution in [0.25, 0.3) is 11.4 Å². The molecule has 11 heteroatoms.